The van der Waals surface area contributed by atoms with E-state index < -0.39 is 0 Å². The summed E-state index contributed by atoms with van der Waals surface area (Å²) >= 11 is 1.10. The van der Waals surface area contributed by atoms with Gasteiger partial charge >= 0.3 is 0 Å². The van der Waals surface area contributed by atoms with Crippen LogP contribution in [0.2, 0.25) is 0 Å². The van der Waals surface area contributed by atoms with Crippen molar-refractivity contribution in [2.45, 2.75) is 6.42 Å². The van der Waals surface area contributed by atoms with Gasteiger partial charge in [0.25, 0.3) is 5.91 Å². The highest BCUT2D eigenvalue weighted by Crippen LogP contribution is 2.21. The topological polar surface area (TPSA) is 96.0 Å². The van der Waals surface area contributed by atoms with E-state index >= 15 is 0 Å². The molecule has 4 rings (SSSR count). The molecule has 7 nitrogen and oxygen atoms in total. The Hall–Kier alpha value is -3.78. The van der Waals surface area contributed by atoms with E-state index in [1.165, 1.54) is 0 Å². The fourth-order valence-corrected chi connectivity index (χ4v) is 3.72. The number of hydrogen-bond acceptors (Lipinski definition) is 6. The summed E-state index contributed by atoms with van der Waals surface area (Å²) in [5.74, 6) is -0.419. The third kappa shape index (κ3) is 5.23. The van der Waals surface area contributed by atoms with Gasteiger partial charge in [-0.2, -0.15) is 8.75 Å². The smallest absolute Gasteiger partial charge is 0.253 e. The fraction of sp³-hybridized carbons (Fsp3) is 0.130. The molecule has 2 amide bonds. The number of para-hydroxylation sites is 1. The van der Waals surface area contributed by atoms with Crippen LogP contribution in [0, 0.1) is 0 Å². The van der Waals surface area contributed by atoms with Crippen molar-refractivity contribution in [3.05, 3.63) is 83.9 Å². The lowest BCUT2D eigenvalue weighted by Gasteiger charge is -2.12. The van der Waals surface area contributed by atoms with E-state index in [-0.39, 0.29) is 18.4 Å². The Morgan fingerprint density at radius 2 is 1.61 bits per heavy atom. The predicted molar refractivity (Wildman–Crippen MR) is 123 cm³/mol. The lowest BCUT2D eigenvalue weighted by molar-refractivity contribution is -0.114. The van der Waals surface area contributed by atoms with Crippen molar-refractivity contribution >= 4 is 46.0 Å². The SMILES string of the molecule is O=C(CNc1ccccc1C(=O)NCCc1ccccc1)Nc1cccc2nsnc12. The first-order valence-electron chi connectivity index (χ1n) is 9.87. The number of amides is 2. The molecule has 1 aromatic heterocycles. The molecule has 0 fully saturated rings. The van der Waals surface area contributed by atoms with Crippen molar-refractivity contribution in [3.63, 3.8) is 0 Å². The van der Waals surface area contributed by atoms with Gasteiger partial charge in [-0.05, 0) is 36.2 Å². The third-order valence-corrected chi connectivity index (χ3v) is 5.26. The normalized spacial score (nSPS) is 10.6. The molecule has 0 spiro atoms. The molecule has 8 heteroatoms. The summed E-state index contributed by atoms with van der Waals surface area (Å²) in [5.41, 5.74) is 4.28. The Morgan fingerprint density at radius 1 is 0.839 bits per heavy atom. The summed E-state index contributed by atoms with van der Waals surface area (Å²) in [6.07, 6.45) is 0.752. The van der Waals surface area contributed by atoms with E-state index in [9.17, 15) is 9.59 Å². The van der Waals surface area contributed by atoms with E-state index in [1.54, 1.807) is 24.3 Å². The minimum absolute atomic E-state index is 0.0161. The van der Waals surface area contributed by atoms with Gasteiger partial charge in [0.1, 0.15) is 11.0 Å². The summed E-state index contributed by atoms with van der Waals surface area (Å²) in [6.45, 7) is 0.547. The van der Waals surface area contributed by atoms with E-state index in [0.717, 1.165) is 29.2 Å². The number of rotatable bonds is 8. The number of carbonyl (C=O) groups is 2. The van der Waals surface area contributed by atoms with Gasteiger partial charge < -0.3 is 16.0 Å². The van der Waals surface area contributed by atoms with Gasteiger partial charge in [0.15, 0.2) is 0 Å². The maximum Gasteiger partial charge on any atom is 0.253 e. The maximum atomic E-state index is 12.6. The molecule has 31 heavy (non-hydrogen) atoms. The molecule has 0 atom stereocenters. The van der Waals surface area contributed by atoms with E-state index in [2.05, 4.69) is 24.7 Å². The number of hydrogen-bond donors (Lipinski definition) is 3. The highest BCUT2D eigenvalue weighted by atomic mass is 32.1. The highest BCUT2D eigenvalue weighted by Gasteiger charge is 2.13. The molecule has 0 unspecified atom stereocenters. The molecular weight excluding hydrogens is 410 g/mol. The zero-order valence-electron chi connectivity index (χ0n) is 16.7. The largest absolute Gasteiger partial charge is 0.376 e. The van der Waals surface area contributed by atoms with Crippen molar-refractivity contribution < 1.29 is 9.59 Å². The quantitative estimate of drug-likeness (QED) is 0.395. The third-order valence-electron chi connectivity index (χ3n) is 4.71. The number of nitrogens with one attached hydrogen (secondary N) is 3. The Balaban J connectivity index is 1.34. The van der Waals surface area contributed by atoms with Gasteiger partial charge in [-0.25, -0.2) is 0 Å². The van der Waals surface area contributed by atoms with Crippen LogP contribution < -0.4 is 16.0 Å². The predicted octanol–water partition coefficient (Wildman–Crippen LogP) is 3.71. The van der Waals surface area contributed by atoms with Gasteiger partial charge in [-0.1, -0.05) is 48.5 Å². The lowest BCUT2D eigenvalue weighted by atomic mass is 10.1. The summed E-state index contributed by atoms with van der Waals surface area (Å²) in [4.78, 5) is 25.1. The monoisotopic (exact) mass is 431 g/mol. The number of fused-ring (bicyclic) bond motifs is 1. The fourth-order valence-electron chi connectivity index (χ4n) is 3.17. The molecule has 0 radical (unpaired) electrons. The molecule has 4 aromatic rings. The second-order valence-corrected chi connectivity index (χ2v) is 7.40. The van der Waals surface area contributed by atoms with E-state index in [4.69, 9.17) is 0 Å². The summed E-state index contributed by atoms with van der Waals surface area (Å²) in [7, 11) is 0. The van der Waals surface area contributed by atoms with Crippen molar-refractivity contribution in [1.29, 1.82) is 0 Å². The number of nitrogens with zero attached hydrogens (tertiary/aromatic N) is 2. The van der Waals surface area contributed by atoms with Gasteiger partial charge in [0.2, 0.25) is 5.91 Å². The standard InChI is InChI=1S/C23H21N5O2S/c29-21(26-19-11-6-12-20-22(19)28-31-27-20)15-25-18-10-5-4-9-17(18)23(30)24-14-13-16-7-2-1-3-8-16/h1-12,25H,13-15H2,(H,24,30)(H,26,29). The van der Waals surface area contributed by atoms with Crippen LogP contribution >= 0.6 is 11.7 Å². The van der Waals surface area contributed by atoms with Crippen LogP contribution in [-0.4, -0.2) is 33.7 Å². The second kappa shape index (κ2) is 9.82. The summed E-state index contributed by atoms with van der Waals surface area (Å²) in [5, 5.41) is 8.84. The maximum absolute atomic E-state index is 12.6. The first kappa shape index (κ1) is 20.5. The van der Waals surface area contributed by atoms with Crippen molar-refractivity contribution in [3.8, 4) is 0 Å². The van der Waals surface area contributed by atoms with Crippen LogP contribution in [0.3, 0.4) is 0 Å². The van der Waals surface area contributed by atoms with Gasteiger partial charge in [-0.15, -0.1) is 0 Å². The Bertz CT molecular complexity index is 1190. The molecule has 3 aromatic carbocycles. The molecule has 0 saturated heterocycles. The van der Waals surface area contributed by atoms with Crippen LogP contribution in [0.15, 0.2) is 72.8 Å². The zero-order valence-corrected chi connectivity index (χ0v) is 17.5. The van der Waals surface area contributed by atoms with Gasteiger partial charge in [0, 0.05) is 12.2 Å². The van der Waals surface area contributed by atoms with Gasteiger partial charge in [-0.3, -0.25) is 9.59 Å². The van der Waals surface area contributed by atoms with Crippen LogP contribution in [-0.2, 0) is 11.2 Å². The average molecular weight is 432 g/mol. The van der Waals surface area contributed by atoms with Crippen molar-refractivity contribution in [2.24, 2.45) is 0 Å². The first-order chi connectivity index (χ1) is 15.2. The molecule has 1 heterocycles. The minimum Gasteiger partial charge on any atom is -0.376 e. The van der Waals surface area contributed by atoms with Crippen LogP contribution in [0.1, 0.15) is 15.9 Å². The summed E-state index contributed by atoms with van der Waals surface area (Å²) in [6, 6.07) is 22.6. The van der Waals surface area contributed by atoms with Gasteiger partial charge in [0.05, 0.1) is 29.5 Å². The molecule has 0 aliphatic carbocycles. The van der Waals surface area contributed by atoms with E-state index in [0.29, 0.717) is 29.0 Å². The number of carbonyl (C=O) groups excluding carboxylic acids is 2. The molecule has 0 aliphatic rings. The Kier molecular flexibility index (Phi) is 6.49. The van der Waals surface area contributed by atoms with E-state index in [1.807, 2.05) is 48.5 Å². The summed E-state index contributed by atoms with van der Waals surface area (Å²) < 4.78 is 8.39. The number of aromatic nitrogens is 2. The Morgan fingerprint density at radius 3 is 2.48 bits per heavy atom. The molecular formula is C23H21N5O2S. The molecule has 0 saturated carbocycles. The molecule has 0 bridgehead atoms. The first-order valence-corrected chi connectivity index (χ1v) is 10.6. The molecule has 0 aliphatic heterocycles. The van der Waals surface area contributed by atoms with Crippen molar-refractivity contribution in [1.82, 2.24) is 14.1 Å². The molecule has 3 N–H and O–H groups in total. The van der Waals surface area contributed by atoms with Crippen LogP contribution in [0.4, 0.5) is 11.4 Å². The van der Waals surface area contributed by atoms with Crippen LogP contribution in [0.5, 0.6) is 0 Å². The Labute approximate surface area is 183 Å². The molecule has 156 valence electrons. The van der Waals surface area contributed by atoms with Crippen molar-refractivity contribution in [2.75, 3.05) is 23.7 Å². The average Bonchev–Trinajstić information content (AvgIpc) is 3.29. The highest BCUT2D eigenvalue weighted by molar-refractivity contribution is 7.00. The van der Waals surface area contributed by atoms with Crippen LogP contribution in [0.25, 0.3) is 11.0 Å². The number of benzene rings is 3. The zero-order chi connectivity index (χ0) is 21.5. The number of anilines is 2. The lowest BCUT2D eigenvalue weighted by Crippen LogP contribution is -2.28. The second-order valence-electron chi connectivity index (χ2n) is 6.88. The minimum atomic E-state index is -0.236.